The van der Waals surface area contributed by atoms with Crippen LogP contribution in [0.25, 0.3) is 0 Å². The second-order valence-electron chi connectivity index (χ2n) is 4.16. The van der Waals surface area contributed by atoms with Gasteiger partial charge in [-0.2, -0.15) is 0 Å². The molecule has 0 N–H and O–H groups in total. The molecule has 0 saturated heterocycles. The van der Waals surface area contributed by atoms with Crippen molar-refractivity contribution in [1.29, 1.82) is 0 Å². The Morgan fingerprint density at radius 1 is 1.47 bits per heavy atom. The molecule has 2 rings (SSSR count). The summed E-state index contributed by atoms with van der Waals surface area (Å²) in [5.74, 6) is 0.600. The molecule has 0 amide bonds. The van der Waals surface area contributed by atoms with Crippen molar-refractivity contribution in [1.82, 2.24) is 4.98 Å². The van der Waals surface area contributed by atoms with Crippen molar-refractivity contribution < 1.29 is 9.53 Å². The van der Waals surface area contributed by atoms with Crippen LogP contribution in [0.1, 0.15) is 27.9 Å². The van der Waals surface area contributed by atoms with Crippen molar-refractivity contribution in [2.45, 2.75) is 20.3 Å². The van der Waals surface area contributed by atoms with E-state index in [0.29, 0.717) is 22.9 Å². The van der Waals surface area contributed by atoms with Crippen molar-refractivity contribution in [3.63, 3.8) is 0 Å². The predicted octanol–water partition coefficient (Wildman–Crippen LogP) is 3.93. The minimum Gasteiger partial charge on any atom is -0.492 e. The molecular weight excluding hydrogens is 282 g/mol. The number of ketones is 1. The molecule has 0 radical (unpaired) electrons. The van der Waals surface area contributed by atoms with Gasteiger partial charge in [0.15, 0.2) is 5.78 Å². The minimum absolute atomic E-state index is 0.00580. The number of Topliss-reactive ketones (excluding diaryl/α,β-unsaturated/α-hetero) is 1. The minimum atomic E-state index is -0.00580. The fourth-order valence-corrected chi connectivity index (χ4v) is 2.65. The van der Waals surface area contributed by atoms with Crippen molar-refractivity contribution in [2.75, 3.05) is 6.61 Å². The van der Waals surface area contributed by atoms with Crippen LogP contribution in [0.3, 0.4) is 0 Å². The zero-order chi connectivity index (χ0) is 13.8. The second-order valence-corrected chi connectivity index (χ2v) is 5.51. The van der Waals surface area contributed by atoms with E-state index in [1.54, 1.807) is 29.5 Å². The Morgan fingerprint density at radius 3 is 2.84 bits per heavy atom. The molecule has 0 spiro atoms. The van der Waals surface area contributed by atoms with Crippen LogP contribution < -0.4 is 4.74 Å². The van der Waals surface area contributed by atoms with Crippen molar-refractivity contribution >= 4 is 28.7 Å². The number of aromatic nitrogens is 1. The molecule has 1 aromatic heterocycles. The van der Waals surface area contributed by atoms with Crippen LogP contribution in [0.5, 0.6) is 5.75 Å². The van der Waals surface area contributed by atoms with Crippen LogP contribution in [0.4, 0.5) is 0 Å². The van der Waals surface area contributed by atoms with Crippen molar-refractivity contribution in [2.24, 2.45) is 0 Å². The van der Waals surface area contributed by atoms with Gasteiger partial charge in [-0.05, 0) is 32.0 Å². The highest BCUT2D eigenvalue weighted by molar-refractivity contribution is 7.09. The van der Waals surface area contributed by atoms with Gasteiger partial charge in [-0.25, -0.2) is 4.98 Å². The fourth-order valence-electron chi connectivity index (χ4n) is 1.66. The molecule has 0 unspecified atom stereocenters. The summed E-state index contributed by atoms with van der Waals surface area (Å²) in [6.45, 7) is 4.04. The first-order chi connectivity index (χ1) is 9.08. The molecule has 2 aromatic rings. The number of hydrogen-bond acceptors (Lipinski definition) is 4. The lowest BCUT2D eigenvalue weighted by atomic mass is 10.1. The maximum absolute atomic E-state index is 11.2. The number of carbonyl (C=O) groups excluding carboxylic acids is 1. The first-order valence-electron chi connectivity index (χ1n) is 5.90. The third-order valence-corrected chi connectivity index (χ3v) is 4.06. The number of rotatable bonds is 5. The fraction of sp³-hybridized carbons (Fsp3) is 0.286. The number of halogens is 1. The average molecular weight is 296 g/mol. The molecule has 0 aliphatic carbocycles. The molecule has 0 saturated carbocycles. The Hall–Kier alpha value is -1.39. The topological polar surface area (TPSA) is 39.2 Å². The van der Waals surface area contributed by atoms with Crippen LogP contribution in [-0.2, 0) is 6.42 Å². The van der Waals surface area contributed by atoms with E-state index in [9.17, 15) is 4.79 Å². The van der Waals surface area contributed by atoms with Crippen molar-refractivity contribution in [3.8, 4) is 5.75 Å². The van der Waals surface area contributed by atoms with Gasteiger partial charge in [0.1, 0.15) is 5.75 Å². The van der Waals surface area contributed by atoms with Gasteiger partial charge in [-0.15, -0.1) is 11.3 Å². The van der Waals surface area contributed by atoms with Gasteiger partial charge in [0.25, 0.3) is 0 Å². The van der Waals surface area contributed by atoms with Crippen LogP contribution in [0.2, 0.25) is 5.02 Å². The highest BCUT2D eigenvalue weighted by Gasteiger charge is 2.07. The summed E-state index contributed by atoms with van der Waals surface area (Å²) in [6, 6.07) is 5.09. The lowest BCUT2D eigenvalue weighted by molar-refractivity contribution is 0.101. The van der Waals surface area contributed by atoms with E-state index in [1.165, 1.54) is 11.8 Å². The maximum Gasteiger partial charge on any atom is 0.159 e. The van der Waals surface area contributed by atoms with E-state index in [-0.39, 0.29) is 5.78 Å². The number of benzene rings is 1. The Bertz CT molecular complexity index is 595. The summed E-state index contributed by atoms with van der Waals surface area (Å²) in [4.78, 5) is 16.6. The Kier molecular flexibility index (Phi) is 4.56. The molecule has 0 atom stereocenters. The molecule has 0 bridgehead atoms. The molecule has 0 aliphatic heterocycles. The summed E-state index contributed by atoms with van der Waals surface area (Å²) < 4.78 is 5.64. The number of hydrogen-bond donors (Lipinski definition) is 0. The quantitative estimate of drug-likeness (QED) is 0.785. The van der Waals surface area contributed by atoms with Gasteiger partial charge < -0.3 is 4.74 Å². The van der Waals surface area contributed by atoms with E-state index in [1.807, 2.05) is 12.4 Å². The lowest BCUT2D eigenvalue weighted by Crippen LogP contribution is -2.02. The molecule has 1 heterocycles. The van der Waals surface area contributed by atoms with E-state index >= 15 is 0 Å². The Labute approximate surface area is 121 Å². The molecule has 0 aliphatic rings. The van der Waals surface area contributed by atoms with Gasteiger partial charge in [0.2, 0.25) is 0 Å². The highest BCUT2D eigenvalue weighted by Crippen LogP contribution is 2.26. The molecule has 5 heteroatoms. The van der Waals surface area contributed by atoms with Gasteiger partial charge in [0, 0.05) is 16.9 Å². The Morgan fingerprint density at radius 2 is 2.26 bits per heavy atom. The standard InChI is InChI=1S/C14H14ClNO2S/c1-9-14(19-8-16-9)5-6-18-13-4-3-11(10(2)17)7-12(13)15/h3-4,7-8H,5-6H2,1-2H3. The smallest absolute Gasteiger partial charge is 0.159 e. The Balaban J connectivity index is 1.96. The molecule has 3 nitrogen and oxygen atoms in total. The van der Waals surface area contributed by atoms with Gasteiger partial charge >= 0.3 is 0 Å². The summed E-state index contributed by atoms with van der Waals surface area (Å²) in [7, 11) is 0. The zero-order valence-corrected chi connectivity index (χ0v) is 12.3. The molecule has 19 heavy (non-hydrogen) atoms. The van der Waals surface area contributed by atoms with Crippen LogP contribution in [0, 0.1) is 6.92 Å². The van der Waals surface area contributed by atoms with Crippen molar-refractivity contribution in [3.05, 3.63) is 44.9 Å². The first-order valence-corrected chi connectivity index (χ1v) is 7.16. The number of thiazole rings is 1. The number of nitrogens with zero attached hydrogens (tertiary/aromatic N) is 1. The summed E-state index contributed by atoms with van der Waals surface area (Å²) in [5, 5.41) is 0.466. The van der Waals surface area contributed by atoms with E-state index in [4.69, 9.17) is 16.3 Å². The summed E-state index contributed by atoms with van der Waals surface area (Å²) in [5.41, 5.74) is 3.47. The van der Waals surface area contributed by atoms with Gasteiger partial charge in [-0.1, -0.05) is 11.6 Å². The SMILES string of the molecule is CC(=O)c1ccc(OCCc2scnc2C)c(Cl)c1. The maximum atomic E-state index is 11.2. The summed E-state index contributed by atoms with van der Waals surface area (Å²) in [6.07, 6.45) is 0.807. The third-order valence-electron chi connectivity index (χ3n) is 2.77. The number of ether oxygens (including phenoxy) is 1. The van der Waals surface area contributed by atoms with Crippen LogP contribution >= 0.6 is 22.9 Å². The molecule has 1 aromatic carbocycles. The summed E-state index contributed by atoms with van der Waals surface area (Å²) >= 11 is 7.70. The molecule has 100 valence electrons. The monoisotopic (exact) mass is 295 g/mol. The number of carbonyl (C=O) groups is 1. The van der Waals surface area contributed by atoms with Gasteiger partial charge in [-0.3, -0.25) is 4.79 Å². The average Bonchev–Trinajstić information content (AvgIpc) is 2.77. The zero-order valence-electron chi connectivity index (χ0n) is 10.8. The van der Waals surface area contributed by atoms with Crippen LogP contribution in [-0.4, -0.2) is 17.4 Å². The largest absolute Gasteiger partial charge is 0.492 e. The number of aryl methyl sites for hydroxylation is 1. The second kappa shape index (κ2) is 6.17. The molecule has 0 fully saturated rings. The predicted molar refractivity (Wildman–Crippen MR) is 77.5 cm³/mol. The van der Waals surface area contributed by atoms with E-state index in [0.717, 1.165) is 12.1 Å². The van der Waals surface area contributed by atoms with Gasteiger partial charge in [0.05, 0.1) is 22.8 Å². The first kappa shape index (κ1) is 14.0. The normalized spacial score (nSPS) is 10.5. The third kappa shape index (κ3) is 3.55. The van der Waals surface area contributed by atoms with E-state index in [2.05, 4.69) is 4.98 Å². The van der Waals surface area contributed by atoms with E-state index < -0.39 is 0 Å². The van der Waals surface area contributed by atoms with Crippen LogP contribution in [0.15, 0.2) is 23.7 Å². The molecular formula is C14H14ClNO2S. The highest BCUT2D eigenvalue weighted by atomic mass is 35.5. The lowest BCUT2D eigenvalue weighted by Gasteiger charge is -2.08.